The van der Waals surface area contributed by atoms with E-state index in [2.05, 4.69) is 37.4 Å². The molecular weight excluding hydrogens is 310 g/mol. The lowest BCUT2D eigenvalue weighted by molar-refractivity contribution is 1.02. The molecular formula is C10H9BrClN3S. The predicted molar refractivity (Wildman–Crippen MR) is 73.4 cm³/mol. The van der Waals surface area contributed by atoms with E-state index in [1.807, 2.05) is 12.3 Å². The molecule has 0 aliphatic heterocycles. The molecule has 3 nitrogen and oxygen atoms in total. The van der Waals surface area contributed by atoms with Crippen molar-refractivity contribution in [3.63, 3.8) is 0 Å². The van der Waals surface area contributed by atoms with E-state index in [0.29, 0.717) is 6.54 Å². The third-order valence-electron chi connectivity index (χ3n) is 2.32. The minimum absolute atomic E-state index is 0. The van der Waals surface area contributed by atoms with E-state index < -0.39 is 0 Å². The SMILES string of the molecule is Cl.NCc1cn2c(n1)sc1cc(Br)ccc12. The molecule has 0 fully saturated rings. The first-order chi connectivity index (χ1) is 7.28. The fourth-order valence-corrected chi connectivity index (χ4v) is 3.20. The number of thiazole rings is 1. The summed E-state index contributed by atoms with van der Waals surface area (Å²) in [5.41, 5.74) is 7.68. The van der Waals surface area contributed by atoms with Gasteiger partial charge in [-0.05, 0) is 18.2 Å². The van der Waals surface area contributed by atoms with Gasteiger partial charge in [-0.3, -0.25) is 4.40 Å². The third-order valence-corrected chi connectivity index (χ3v) is 3.83. The number of hydrogen-bond donors (Lipinski definition) is 1. The number of nitrogens with two attached hydrogens (primary N) is 1. The number of hydrogen-bond acceptors (Lipinski definition) is 3. The molecule has 0 aliphatic rings. The Hall–Kier alpha value is -0.620. The Kier molecular flexibility index (Phi) is 3.21. The number of aromatic nitrogens is 2. The van der Waals surface area contributed by atoms with Crippen LogP contribution in [0.4, 0.5) is 0 Å². The highest BCUT2D eigenvalue weighted by Gasteiger charge is 2.07. The average molecular weight is 319 g/mol. The van der Waals surface area contributed by atoms with Crippen LogP contribution in [0.25, 0.3) is 15.2 Å². The second-order valence-corrected chi connectivity index (χ2v) is 5.23. The maximum absolute atomic E-state index is 5.56. The van der Waals surface area contributed by atoms with E-state index in [-0.39, 0.29) is 12.4 Å². The molecule has 3 aromatic rings. The molecule has 0 radical (unpaired) electrons. The van der Waals surface area contributed by atoms with Crippen LogP contribution in [0, 0.1) is 0 Å². The maximum atomic E-state index is 5.56. The van der Waals surface area contributed by atoms with Crippen molar-refractivity contribution in [2.75, 3.05) is 0 Å². The summed E-state index contributed by atoms with van der Waals surface area (Å²) >= 11 is 5.14. The molecule has 0 unspecified atom stereocenters. The van der Waals surface area contributed by atoms with Crippen molar-refractivity contribution in [2.45, 2.75) is 6.54 Å². The molecule has 0 amide bonds. The third kappa shape index (κ3) is 1.73. The van der Waals surface area contributed by atoms with Crippen molar-refractivity contribution in [2.24, 2.45) is 5.73 Å². The average Bonchev–Trinajstić information content (AvgIpc) is 2.73. The van der Waals surface area contributed by atoms with Crippen molar-refractivity contribution in [3.05, 3.63) is 34.6 Å². The molecule has 0 saturated heterocycles. The Labute approximate surface area is 111 Å². The van der Waals surface area contributed by atoms with Gasteiger partial charge in [-0.15, -0.1) is 12.4 Å². The van der Waals surface area contributed by atoms with Crippen molar-refractivity contribution >= 4 is 54.9 Å². The molecule has 16 heavy (non-hydrogen) atoms. The fourth-order valence-electron chi connectivity index (χ4n) is 1.62. The van der Waals surface area contributed by atoms with E-state index in [9.17, 15) is 0 Å². The molecule has 2 heterocycles. The molecule has 0 aliphatic carbocycles. The molecule has 2 N–H and O–H groups in total. The van der Waals surface area contributed by atoms with Crippen molar-refractivity contribution < 1.29 is 0 Å². The highest BCUT2D eigenvalue weighted by Crippen LogP contribution is 2.28. The summed E-state index contributed by atoms with van der Waals surface area (Å²) in [4.78, 5) is 5.44. The van der Waals surface area contributed by atoms with Gasteiger partial charge in [-0.1, -0.05) is 27.3 Å². The molecule has 3 rings (SSSR count). The number of rotatable bonds is 1. The van der Waals surface area contributed by atoms with Gasteiger partial charge in [0.05, 0.1) is 15.9 Å². The lowest BCUT2D eigenvalue weighted by Gasteiger charge is -1.91. The van der Waals surface area contributed by atoms with Crippen LogP contribution in [-0.2, 0) is 6.54 Å². The zero-order valence-corrected chi connectivity index (χ0v) is 11.4. The number of fused-ring (bicyclic) bond motifs is 3. The van der Waals surface area contributed by atoms with Crippen molar-refractivity contribution in [1.29, 1.82) is 0 Å². The van der Waals surface area contributed by atoms with Crippen molar-refractivity contribution in [3.8, 4) is 0 Å². The smallest absolute Gasteiger partial charge is 0.194 e. The first kappa shape index (κ1) is 11.9. The van der Waals surface area contributed by atoms with Crippen molar-refractivity contribution in [1.82, 2.24) is 9.38 Å². The van der Waals surface area contributed by atoms with Gasteiger partial charge < -0.3 is 5.73 Å². The maximum Gasteiger partial charge on any atom is 0.194 e. The minimum Gasteiger partial charge on any atom is -0.325 e. The fraction of sp³-hybridized carbons (Fsp3) is 0.100. The highest BCUT2D eigenvalue weighted by atomic mass is 79.9. The summed E-state index contributed by atoms with van der Waals surface area (Å²) in [5, 5.41) is 0. The van der Waals surface area contributed by atoms with Crippen LogP contribution >= 0.6 is 39.7 Å². The van der Waals surface area contributed by atoms with Crippen LogP contribution < -0.4 is 5.73 Å². The van der Waals surface area contributed by atoms with Crippen LogP contribution in [0.3, 0.4) is 0 Å². The van der Waals surface area contributed by atoms with Gasteiger partial charge in [-0.25, -0.2) is 4.98 Å². The predicted octanol–water partition coefficient (Wildman–Crippen LogP) is 3.19. The molecule has 0 spiro atoms. The normalized spacial score (nSPS) is 10.9. The molecule has 0 bridgehead atoms. The van der Waals surface area contributed by atoms with Gasteiger partial charge in [0.15, 0.2) is 4.96 Å². The number of halogens is 2. The molecule has 0 atom stereocenters. The Balaban J connectivity index is 0.000000963. The van der Waals surface area contributed by atoms with Crippen LogP contribution in [0.1, 0.15) is 5.69 Å². The van der Waals surface area contributed by atoms with Crippen LogP contribution in [0.15, 0.2) is 28.9 Å². The van der Waals surface area contributed by atoms with Crippen LogP contribution in [-0.4, -0.2) is 9.38 Å². The molecule has 1 aromatic carbocycles. The largest absolute Gasteiger partial charge is 0.325 e. The van der Waals surface area contributed by atoms with E-state index >= 15 is 0 Å². The minimum atomic E-state index is 0. The standard InChI is InChI=1S/C10H8BrN3S.ClH/c11-6-1-2-8-9(3-6)15-10-13-7(4-12)5-14(8)10;/h1-3,5H,4,12H2;1H. The molecule has 2 aromatic heterocycles. The van der Waals surface area contributed by atoms with Gasteiger partial charge >= 0.3 is 0 Å². The zero-order valence-electron chi connectivity index (χ0n) is 8.18. The second-order valence-electron chi connectivity index (χ2n) is 3.30. The quantitative estimate of drug-likeness (QED) is 0.749. The molecule has 0 saturated carbocycles. The summed E-state index contributed by atoms with van der Waals surface area (Å²) in [5.74, 6) is 0. The topological polar surface area (TPSA) is 43.3 Å². The zero-order chi connectivity index (χ0) is 10.4. The first-order valence-electron chi connectivity index (χ1n) is 4.54. The van der Waals surface area contributed by atoms with Gasteiger partial charge in [0, 0.05) is 17.2 Å². The van der Waals surface area contributed by atoms with Gasteiger partial charge in [0.25, 0.3) is 0 Å². The highest BCUT2D eigenvalue weighted by molar-refractivity contribution is 9.10. The summed E-state index contributed by atoms with van der Waals surface area (Å²) in [6, 6.07) is 6.23. The molecule has 6 heteroatoms. The summed E-state index contributed by atoms with van der Waals surface area (Å²) in [6.45, 7) is 0.492. The van der Waals surface area contributed by atoms with Crippen LogP contribution in [0.2, 0.25) is 0 Å². The van der Waals surface area contributed by atoms with E-state index in [4.69, 9.17) is 5.73 Å². The lowest BCUT2D eigenvalue weighted by atomic mass is 10.3. The number of imidazole rings is 1. The Morgan fingerprint density at radius 2 is 2.25 bits per heavy atom. The number of nitrogens with zero attached hydrogens (tertiary/aromatic N) is 2. The lowest BCUT2D eigenvalue weighted by Crippen LogP contribution is -1.95. The van der Waals surface area contributed by atoms with E-state index in [1.165, 1.54) is 10.2 Å². The monoisotopic (exact) mass is 317 g/mol. The van der Waals surface area contributed by atoms with Gasteiger partial charge in [-0.2, -0.15) is 0 Å². The van der Waals surface area contributed by atoms with Gasteiger partial charge in [0.2, 0.25) is 0 Å². The van der Waals surface area contributed by atoms with E-state index in [1.54, 1.807) is 11.3 Å². The summed E-state index contributed by atoms with van der Waals surface area (Å²) in [7, 11) is 0. The number of benzene rings is 1. The Morgan fingerprint density at radius 1 is 1.44 bits per heavy atom. The van der Waals surface area contributed by atoms with Crippen LogP contribution in [0.5, 0.6) is 0 Å². The van der Waals surface area contributed by atoms with E-state index in [0.717, 1.165) is 15.1 Å². The summed E-state index contributed by atoms with van der Waals surface area (Å²) < 4.78 is 4.42. The first-order valence-corrected chi connectivity index (χ1v) is 6.15. The second kappa shape index (κ2) is 4.33. The Bertz CT molecular complexity index is 646. The van der Waals surface area contributed by atoms with Gasteiger partial charge in [0.1, 0.15) is 0 Å². The molecule has 84 valence electrons. The summed E-state index contributed by atoms with van der Waals surface area (Å²) in [6.07, 6.45) is 2.00. The Morgan fingerprint density at radius 3 is 3.00 bits per heavy atom.